The summed E-state index contributed by atoms with van der Waals surface area (Å²) in [5.41, 5.74) is 1.11. The minimum Gasteiger partial charge on any atom is -0.492 e. The Bertz CT molecular complexity index is 588. The molecule has 0 N–H and O–H groups in total. The van der Waals surface area contributed by atoms with Gasteiger partial charge in [0.1, 0.15) is 18.2 Å². The monoisotopic (exact) mass is 314 g/mol. The van der Waals surface area contributed by atoms with Gasteiger partial charge < -0.3 is 9.64 Å². The van der Waals surface area contributed by atoms with E-state index in [9.17, 15) is 4.39 Å². The Morgan fingerprint density at radius 3 is 2.43 bits per heavy atom. The van der Waals surface area contributed by atoms with E-state index >= 15 is 0 Å². The highest BCUT2D eigenvalue weighted by atomic mass is 19.1. The molecule has 0 aromatic heterocycles. The van der Waals surface area contributed by atoms with Crippen LogP contribution in [0.15, 0.2) is 54.6 Å². The molecule has 0 unspecified atom stereocenters. The van der Waals surface area contributed by atoms with Gasteiger partial charge >= 0.3 is 0 Å². The number of benzene rings is 2. The van der Waals surface area contributed by atoms with Crippen molar-refractivity contribution in [3.63, 3.8) is 0 Å². The number of hydrogen-bond acceptors (Lipinski definition) is 3. The number of halogens is 1. The lowest BCUT2D eigenvalue weighted by Gasteiger charge is -2.23. The first kappa shape index (κ1) is 15.8. The summed E-state index contributed by atoms with van der Waals surface area (Å²) in [6.07, 6.45) is 1.11. The fourth-order valence-electron chi connectivity index (χ4n) is 2.91. The van der Waals surface area contributed by atoms with E-state index in [-0.39, 0.29) is 5.82 Å². The molecular formula is C19H23FN2O. The molecule has 122 valence electrons. The topological polar surface area (TPSA) is 15.7 Å². The molecule has 0 aliphatic carbocycles. The molecule has 23 heavy (non-hydrogen) atoms. The van der Waals surface area contributed by atoms with Crippen LogP contribution in [-0.2, 0) is 0 Å². The van der Waals surface area contributed by atoms with Crippen LogP contribution in [0.1, 0.15) is 6.42 Å². The predicted octanol–water partition coefficient (Wildman–Crippen LogP) is 3.42. The highest BCUT2D eigenvalue weighted by molar-refractivity contribution is 5.46. The molecule has 1 aliphatic rings. The van der Waals surface area contributed by atoms with Crippen molar-refractivity contribution in [3.8, 4) is 5.75 Å². The zero-order valence-corrected chi connectivity index (χ0v) is 13.3. The Kier molecular flexibility index (Phi) is 5.48. The van der Waals surface area contributed by atoms with Gasteiger partial charge in [-0.3, -0.25) is 4.90 Å². The van der Waals surface area contributed by atoms with Crippen LogP contribution in [-0.4, -0.2) is 44.2 Å². The van der Waals surface area contributed by atoms with Crippen LogP contribution in [0.2, 0.25) is 0 Å². The van der Waals surface area contributed by atoms with Crippen LogP contribution >= 0.6 is 0 Å². The predicted molar refractivity (Wildman–Crippen MR) is 91.6 cm³/mol. The van der Waals surface area contributed by atoms with Gasteiger partial charge in [0.15, 0.2) is 0 Å². The lowest BCUT2D eigenvalue weighted by molar-refractivity contribution is 0.218. The lowest BCUT2D eigenvalue weighted by Crippen LogP contribution is -2.33. The second kappa shape index (κ2) is 7.97. The molecule has 0 saturated carbocycles. The molecule has 2 aromatic carbocycles. The molecule has 0 amide bonds. The summed E-state index contributed by atoms with van der Waals surface area (Å²) >= 11 is 0. The van der Waals surface area contributed by atoms with Crippen LogP contribution in [0, 0.1) is 5.82 Å². The molecular weight excluding hydrogens is 291 g/mol. The Balaban J connectivity index is 1.46. The average Bonchev–Trinajstić information content (AvgIpc) is 2.82. The average molecular weight is 314 g/mol. The number of nitrogens with zero attached hydrogens (tertiary/aromatic N) is 2. The van der Waals surface area contributed by atoms with Crippen molar-refractivity contribution in [2.45, 2.75) is 6.42 Å². The molecule has 0 spiro atoms. The van der Waals surface area contributed by atoms with Gasteiger partial charge in [0, 0.05) is 38.4 Å². The minimum atomic E-state index is -0.178. The standard InChI is InChI=1S/C19H23FN2O/c20-17-7-9-18(10-8-17)22-12-4-11-21(13-14-22)15-16-23-19-5-2-1-3-6-19/h1-3,5-10H,4,11-16H2. The van der Waals surface area contributed by atoms with E-state index in [1.165, 1.54) is 12.1 Å². The second-order valence-corrected chi connectivity index (χ2v) is 5.82. The molecule has 3 rings (SSSR count). The SMILES string of the molecule is Fc1ccc(N2CCCN(CCOc3ccccc3)CC2)cc1. The van der Waals surface area contributed by atoms with Gasteiger partial charge in [0.05, 0.1) is 0 Å². The fourth-order valence-corrected chi connectivity index (χ4v) is 2.91. The van der Waals surface area contributed by atoms with E-state index in [2.05, 4.69) is 9.80 Å². The number of rotatable bonds is 5. The Morgan fingerprint density at radius 1 is 0.870 bits per heavy atom. The molecule has 1 aliphatic heterocycles. The van der Waals surface area contributed by atoms with Gasteiger partial charge in [-0.25, -0.2) is 4.39 Å². The highest BCUT2D eigenvalue weighted by Gasteiger charge is 2.15. The summed E-state index contributed by atoms with van der Waals surface area (Å²) in [6, 6.07) is 16.7. The first-order chi connectivity index (χ1) is 11.3. The first-order valence-electron chi connectivity index (χ1n) is 8.22. The number of anilines is 1. The van der Waals surface area contributed by atoms with Gasteiger partial charge in [0.25, 0.3) is 0 Å². The van der Waals surface area contributed by atoms with Crippen LogP contribution in [0.3, 0.4) is 0 Å². The van der Waals surface area contributed by atoms with E-state index in [0.717, 1.165) is 50.6 Å². The minimum absolute atomic E-state index is 0.178. The number of ether oxygens (including phenoxy) is 1. The quantitative estimate of drug-likeness (QED) is 0.841. The molecule has 0 bridgehead atoms. The highest BCUT2D eigenvalue weighted by Crippen LogP contribution is 2.17. The summed E-state index contributed by atoms with van der Waals surface area (Å²) in [5, 5.41) is 0. The molecule has 1 fully saturated rings. The van der Waals surface area contributed by atoms with Gasteiger partial charge in [-0.05, 0) is 42.8 Å². The van der Waals surface area contributed by atoms with Crippen molar-refractivity contribution in [2.75, 3.05) is 44.2 Å². The van der Waals surface area contributed by atoms with Crippen molar-refractivity contribution < 1.29 is 9.13 Å². The summed E-state index contributed by atoms with van der Waals surface area (Å²) in [5.74, 6) is 0.749. The van der Waals surface area contributed by atoms with Crippen molar-refractivity contribution in [2.24, 2.45) is 0 Å². The fraction of sp³-hybridized carbons (Fsp3) is 0.368. The van der Waals surface area contributed by atoms with Crippen molar-refractivity contribution in [1.29, 1.82) is 0 Å². The van der Waals surface area contributed by atoms with Crippen LogP contribution < -0.4 is 9.64 Å². The van der Waals surface area contributed by atoms with Gasteiger partial charge in [0.2, 0.25) is 0 Å². The lowest BCUT2D eigenvalue weighted by atomic mass is 10.2. The summed E-state index contributed by atoms with van der Waals surface area (Å²) < 4.78 is 18.8. The Labute approximate surface area is 137 Å². The third kappa shape index (κ3) is 4.70. The van der Waals surface area contributed by atoms with E-state index < -0.39 is 0 Å². The van der Waals surface area contributed by atoms with Gasteiger partial charge in [-0.1, -0.05) is 18.2 Å². The maximum Gasteiger partial charge on any atom is 0.123 e. The summed E-state index contributed by atoms with van der Waals surface area (Å²) in [7, 11) is 0. The van der Waals surface area contributed by atoms with E-state index in [1.54, 1.807) is 0 Å². The third-order valence-electron chi connectivity index (χ3n) is 4.20. The molecule has 0 radical (unpaired) electrons. The molecule has 0 atom stereocenters. The molecule has 4 heteroatoms. The number of para-hydroxylation sites is 1. The second-order valence-electron chi connectivity index (χ2n) is 5.82. The molecule has 1 saturated heterocycles. The zero-order chi connectivity index (χ0) is 15.9. The van der Waals surface area contributed by atoms with E-state index in [0.29, 0.717) is 6.61 Å². The van der Waals surface area contributed by atoms with Crippen molar-refractivity contribution in [1.82, 2.24) is 4.90 Å². The summed E-state index contributed by atoms with van der Waals surface area (Å²) in [6.45, 7) is 5.72. The summed E-state index contributed by atoms with van der Waals surface area (Å²) in [4.78, 5) is 4.77. The first-order valence-corrected chi connectivity index (χ1v) is 8.22. The van der Waals surface area contributed by atoms with Crippen LogP contribution in [0.4, 0.5) is 10.1 Å². The molecule has 1 heterocycles. The van der Waals surface area contributed by atoms with E-state index in [4.69, 9.17) is 4.74 Å². The number of hydrogen-bond donors (Lipinski definition) is 0. The Morgan fingerprint density at radius 2 is 1.65 bits per heavy atom. The third-order valence-corrected chi connectivity index (χ3v) is 4.20. The smallest absolute Gasteiger partial charge is 0.123 e. The largest absolute Gasteiger partial charge is 0.492 e. The van der Waals surface area contributed by atoms with Crippen LogP contribution in [0.5, 0.6) is 5.75 Å². The zero-order valence-electron chi connectivity index (χ0n) is 13.3. The van der Waals surface area contributed by atoms with Crippen molar-refractivity contribution >= 4 is 5.69 Å². The van der Waals surface area contributed by atoms with Gasteiger partial charge in [-0.2, -0.15) is 0 Å². The van der Waals surface area contributed by atoms with Crippen LogP contribution in [0.25, 0.3) is 0 Å². The normalized spacial score (nSPS) is 16.1. The van der Waals surface area contributed by atoms with E-state index in [1.807, 2.05) is 42.5 Å². The molecule has 3 nitrogen and oxygen atoms in total. The molecule has 2 aromatic rings. The van der Waals surface area contributed by atoms with Crippen molar-refractivity contribution in [3.05, 3.63) is 60.4 Å². The maximum atomic E-state index is 13.0. The Hall–Kier alpha value is -2.07. The van der Waals surface area contributed by atoms with Gasteiger partial charge in [-0.15, -0.1) is 0 Å². The maximum absolute atomic E-state index is 13.0.